The minimum Gasteiger partial charge on any atom is -0.494 e. The van der Waals surface area contributed by atoms with E-state index < -0.39 is 6.04 Å². The first-order chi connectivity index (χ1) is 8.19. The Morgan fingerprint density at radius 2 is 1.94 bits per heavy atom. The summed E-state index contributed by atoms with van der Waals surface area (Å²) in [5, 5.41) is 0. The van der Waals surface area contributed by atoms with Crippen LogP contribution in [-0.4, -0.2) is 19.2 Å². The quantitative estimate of drug-likeness (QED) is 0.760. The molecule has 0 unspecified atom stereocenters. The average molecular weight is 238 g/mol. The van der Waals surface area contributed by atoms with Crippen molar-refractivity contribution in [3.63, 3.8) is 0 Å². The molecule has 0 aliphatic rings. The molecule has 3 N–H and O–H groups in total. The van der Waals surface area contributed by atoms with Crippen molar-refractivity contribution in [2.45, 2.75) is 26.3 Å². The molecule has 0 aliphatic heterocycles. The van der Waals surface area contributed by atoms with Gasteiger partial charge in [-0.2, -0.15) is 0 Å². The Balaban J connectivity index is 2.63. The summed E-state index contributed by atoms with van der Waals surface area (Å²) in [4.78, 5) is 11.5. The number of ether oxygens (including phenoxy) is 2. The number of quaternary nitrogens is 1. The van der Waals surface area contributed by atoms with E-state index in [0.29, 0.717) is 13.2 Å². The van der Waals surface area contributed by atoms with Gasteiger partial charge in [0.05, 0.1) is 13.2 Å². The van der Waals surface area contributed by atoms with Crippen LogP contribution in [0, 0.1) is 0 Å². The molecule has 0 aromatic heterocycles. The third kappa shape index (κ3) is 4.07. The van der Waals surface area contributed by atoms with E-state index in [1.165, 1.54) is 0 Å². The zero-order chi connectivity index (χ0) is 12.7. The standard InChI is InChI=1S/C13H19NO3/c1-3-9-17-11-7-5-10(6-8-11)12(14)13(15)16-4-2/h5-8,12H,3-4,9,14H2,1-2H3/p+1/t12-/m0/s1. The smallest absolute Gasteiger partial charge is 0.369 e. The zero-order valence-electron chi connectivity index (χ0n) is 10.4. The van der Waals surface area contributed by atoms with Crippen molar-refractivity contribution in [1.29, 1.82) is 0 Å². The summed E-state index contributed by atoms with van der Waals surface area (Å²) in [5.74, 6) is 0.515. The molecule has 0 spiro atoms. The van der Waals surface area contributed by atoms with Crippen LogP contribution < -0.4 is 10.5 Å². The molecule has 0 fully saturated rings. The lowest BCUT2D eigenvalue weighted by Gasteiger charge is -2.09. The summed E-state index contributed by atoms with van der Waals surface area (Å²) in [6, 6.07) is 6.92. The third-order valence-electron chi connectivity index (χ3n) is 2.33. The van der Waals surface area contributed by atoms with Crippen molar-refractivity contribution < 1.29 is 20.0 Å². The Morgan fingerprint density at radius 3 is 2.47 bits per heavy atom. The van der Waals surface area contributed by atoms with E-state index >= 15 is 0 Å². The maximum Gasteiger partial charge on any atom is 0.369 e. The van der Waals surface area contributed by atoms with Crippen LogP contribution in [0.3, 0.4) is 0 Å². The number of esters is 1. The van der Waals surface area contributed by atoms with Crippen molar-refractivity contribution in [3.8, 4) is 5.75 Å². The first-order valence-corrected chi connectivity index (χ1v) is 5.91. The second-order valence-electron chi connectivity index (χ2n) is 3.72. The predicted molar refractivity (Wildman–Crippen MR) is 64.5 cm³/mol. The lowest BCUT2D eigenvalue weighted by molar-refractivity contribution is -0.414. The molecule has 17 heavy (non-hydrogen) atoms. The van der Waals surface area contributed by atoms with Gasteiger partial charge in [0, 0.05) is 5.56 Å². The van der Waals surface area contributed by atoms with Gasteiger partial charge in [0.25, 0.3) is 0 Å². The summed E-state index contributed by atoms with van der Waals surface area (Å²) in [7, 11) is 0. The van der Waals surface area contributed by atoms with E-state index in [0.717, 1.165) is 17.7 Å². The van der Waals surface area contributed by atoms with E-state index in [-0.39, 0.29) is 5.97 Å². The van der Waals surface area contributed by atoms with Gasteiger partial charge in [-0.15, -0.1) is 0 Å². The van der Waals surface area contributed by atoms with Crippen molar-refractivity contribution in [1.82, 2.24) is 0 Å². The maximum atomic E-state index is 11.5. The zero-order valence-corrected chi connectivity index (χ0v) is 10.4. The molecule has 94 valence electrons. The minimum absolute atomic E-state index is 0.297. The monoisotopic (exact) mass is 238 g/mol. The first-order valence-electron chi connectivity index (χ1n) is 5.91. The number of carbonyl (C=O) groups is 1. The summed E-state index contributed by atoms with van der Waals surface area (Å²) in [6.07, 6.45) is 0.975. The highest BCUT2D eigenvalue weighted by Gasteiger charge is 2.20. The van der Waals surface area contributed by atoms with Gasteiger partial charge in [0.1, 0.15) is 5.75 Å². The average Bonchev–Trinajstić information content (AvgIpc) is 2.36. The van der Waals surface area contributed by atoms with Crippen LogP contribution in [0.1, 0.15) is 31.9 Å². The van der Waals surface area contributed by atoms with Crippen molar-refractivity contribution in [2.75, 3.05) is 13.2 Å². The fraction of sp³-hybridized carbons (Fsp3) is 0.462. The van der Waals surface area contributed by atoms with E-state index in [9.17, 15) is 4.79 Å². The highest BCUT2D eigenvalue weighted by molar-refractivity contribution is 5.75. The Kier molecular flexibility index (Phi) is 5.49. The number of benzene rings is 1. The lowest BCUT2D eigenvalue weighted by atomic mass is 10.1. The fourth-order valence-corrected chi connectivity index (χ4v) is 1.40. The van der Waals surface area contributed by atoms with Crippen LogP contribution in [0.2, 0.25) is 0 Å². The Labute approximate surface area is 102 Å². The van der Waals surface area contributed by atoms with Crippen LogP contribution in [0.25, 0.3) is 0 Å². The molecule has 0 saturated carbocycles. The molecule has 0 radical (unpaired) electrons. The summed E-state index contributed by atoms with van der Waals surface area (Å²) in [5.41, 5.74) is 4.64. The van der Waals surface area contributed by atoms with Crippen LogP contribution in [-0.2, 0) is 9.53 Å². The summed E-state index contributed by atoms with van der Waals surface area (Å²) in [6.45, 7) is 4.92. The van der Waals surface area contributed by atoms with Crippen LogP contribution in [0.4, 0.5) is 0 Å². The molecular weight excluding hydrogens is 218 g/mol. The summed E-state index contributed by atoms with van der Waals surface area (Å²) >= 11 is 0. The molecule has 0 aliphatic carbocycles. The van der Waals surface area contributed by atoms with E-state index in [1.807, 2.05) is 24.3 Å². The fourth-order valence-electron chi connectivity index (χ4n) is 1.40. The van der Waals surface area contributed by atoms with Gasteiger partial charge in [0.15, 0.2) is 0 Å². The van der Waals surface area contributed by atoms with Gasteiger partial charge in [0.2, 0.25) is 6.04 Å². The predicted octanol–water partition coefficient (Wildman–Crippen LogP) is 1.32. The van der Waals surface area contributed by atoms with Crippen molar-refractivity contribution in [2.24, 2.45) is 0 Å². The highest BCUT2D eigenvalue weighted by atomic mass is 16.5. The lowest BCUT2D eigenvalue weighted by Crippen LogP contribution is -2.57. The van der Waals surface area contributed by atoms with Gasteiger partial charge in [-0.3, -0.25) is 0 Å². The van der Waals surface area contributed by atoms with Crippen LogP contribution in [0.15, 0.2) is 24.3 Å². The van der Waals surface area contributed by atoms with E-state index in [1.54, 1.807) is 6.92 Å². The topological polar surface area (TPSA) is 63.2 Å². The highest BCUT2D eigenvalue weighted by Crippen LogP contribution is 2.16. The Hall–Kier alpha value is -1.55. The van der Waals surface area contributed by atoms with Crippen molar-refractivity contribution in [3.05, 3.63) is 29.8 Å². The maximum absolute atomic E-state index is 11.5. The molecule has 1 aromatic carbocycles. The molecular formula is C13H20NO3+. The number of hydrogen-bond acceptors (Lipinski definition) is 3. The van der Waals surface area contributed by atoms with Crippen molar-refractivity contribution >= 4 is 5.97 Å². The van der Waals surface area contributed by atoms with Gasteiger partial charge in [-0.05, 0) is 37.6 Å². The molecule has 0 bridgehead atoms. The van der Waals surface area contributed by atoms with E-state index in [2.05, 4.69) is 12.7 Å². The van der Waals surface area contributed by atoms with Gasteiger partial charge in [-0.25, -0.2) is 4.79 Å². The number of rotatable bonds is 6. The molecule has 1 atom stereocenters. The molecule has 4 nitrogen and oxygen atoms in total. The third-order valence-corrected chi connectivity index (χ3v) is 2.33. The van der Waals surface area contributed by atoms with Gasteiger partial charge in [-0.1, -0.05) is 6.92 Å². The molecule has 1 aromatic rings. The number of carbonyl (C=O) groups excluding carboxylic acids is 1. The summed E-state index contributed by atoms with van der Waals surface area (Å²) < 4.78 is 10.4. The van der Waals surface area contributed by atoms with E-state index in [4.69, 9.17) is 9.47 Å². The van der Waals surface area contributed by atoms with Gasteiger partial charge < -0.3 is 15.2 Å². The normalized spacial score (nSPS) is 11.9. The van der Waals surface area contributed by atoms with Crippen LogP contribution >= 0.6 is 0 Å². The minimum atomic E-state index is -0.477. The Bertz CT molecular complexity index is 348. The SMILES string of the molecule is CCCOc1ccc([C@H]([NH3+])C(=O)OCC)cc1. The first kappa shape index (κ1) is 13.5. The molecule has 1 rings (SSSR count). The second-order valence-corrected chi connectivity index (χ2v) is 3.72. The number of hydrogen-bond donors (Lipinski definition) is 1. The molecule has 0 saturated heterocycles. The molecule has 0 heterocycles. The van der Waals surface area contributed by atoms with Gasteiger partial charge >= 0.3 is 5.97 Å². The molecule has 4 heteroatoms. The second kappa shape index (κ2) is 6.91. The molecule has 0 amide bonds. The largest absolute Gasteiger partial charge is 0.494 e. The Morgan fingerprint density at radius 1 is 1.29 bits per heavy atom. The van der Waals surface area contributed by atoms with Crippen LogP contribution in [0.5, 0.6) is 5.75 Å².